The third kappa shape index (κ3) is 5.30. The second kappa shape index (κ2) is 9.93. The molecular formula is C27H30FN5O3. The molecule has 0 bridgehead atoms. The molecule has 36 heavy (non-hydrogen) atoms. The number of likely N-dealkylation sites (N-methyl/N-ethyl adjacent to an activating group) is 1. The molecule has 9 heteroatoms. The molecule has 0 saturated carbocycles. The molecular weight excluding hydrogens is 461 g/mol. The molecule has 1 amide bonds. The van der Waals surface area contributed by atoms with Crippen LogP contribution in [0.3, 0.4) is 0 Å². The maximum absolute atomic E-state index is 14.0. The van der Waals surface area contributed by atoms with Crippen LogP contribution in [0.2, 0.25) is 0 Å². The Labute approximate surface area is 209 Å². The Hall–Kier alpha value is -4.01. The monoisotopic (exact) mass is 491 g/mol. The first kappa shape index (κ1) is 25.1. The predicted octanol–water partition coefficient (Wildman–Crippen LogP) is 5.16. The van der Waals surface area contributed by atoms with Gasteiger partial charge in [-0.15, -0.1) is 0 Å². The first-order valence-electron chi connectivity index (χ1n) is 11.9. The molecule has 0 radical (unpaired) electrons. The van der Waals surface area contributed by atoms with Gasteiger partial charge in [0.25, 0.3) is 5.91 Å². The summed E-state index contributed by atoms with van der Waals surface area (Å²) in [5, 5.41) is 9.10. The van der Waals surface area contributed by atoms with Crippen molar-refractivity contribution in [3.8, 4) is 5.69 Å². The number of carbonyl (C=O) groups excluding carboxylic acids is 2. The molecule has 0 saturated heterocycles. The second-order valence-corrected chi connectivity index (χ2v) is 9.64. The molecule has 0 fully saturated rings. The van der Waals surface area contributed by atoms with E-state index >= 15 is 0 Å². The van der Waals surface area contributed by atoms with Crippen molar-refractivity contribution in [2.24, 2.45) is 0 Å². The number of carbonyl (C=O) groups is 2. The van der Waals surface area contributed by atoms with Gasteiger partial charge in [0.2, 0.25) is 0 Å². The maximum Gasteiger partial charge on any atom is 0.419 e. The Balaban J connectivity index is 1.62. The van der Waals surface area contributed by atoms with E-state index in [9.17, 15) is 14.0 Å². The van der Waals surface area contributed by atoms with Crippen LogP contribution in [-0.2, 0) is 11.2 Å². The fraction of sp³-hybridized carbons (Fsp3) is 0.333. The number of ether oxygens (including phenoxy) is 1. The third-order valence-corrected chi connectivity index (χ3v) is 5.78. The number of nitrogens with zero attached hydrogens (tertiary/aromatic N) is 5. The van der Waals surface area contributed by atoms with Gasteiger partial charge in [0, 0.05) is 24.7 Å². The number of fused-ring (bicyclic) bond motifs is 1. The van der Waals surface area contributed by atoms with Crippen LogP contribution in [-0.4, -0.2) is 55.2 Å². The van der Waals surface area contributed by atoms with Gasteiger partial charge in [0.05, 0.1) is 29.2 Å². The highest BCUT2D eigenvalue weighted by Crippen LogP contribution is 2.25. The maximum atomic E-state index is 14.0. The lowest BCUT2D eigenvalue weighted by Crippen LogP contribution is -2.33. The fourth-order valence-corrected chi connectivity index (χ4v) is 4.10. The van der Waals surface area contributed by atoms with E-state index in [2.05, 4.69) is 10.2 Å². The molecule has 0 aliphatic heterocycles. The van der Waals surface area contributed by atoms with Crippen molar-refractivity contribution in [2.45, 2.75) is 46.6 Å². The molecule has 8 nitrogen and oxygen atoms in total. The minimum atomic E-state index is -0.693. The first-order valence-corrected chi connectivity index (χ1v) is 11.9. The number of rotatable bonds is 6. The van der Waals surface area contributed by atoms with Gasteiger partial charge >= 0.3 is 6.09 Å². The topological polar surface area (TPSA) is 82.2 Å². The molecule has 0 N–H and O–H groups in total. The summed E-state index contributed by atoms with van der Waals surface area (Å²) in [5.74, 6) is -0.586. The van der Waals surface area contributed by atoms with Crippen LogP contribution in [0.4, 0.5) is 9.18 Å². The fourth-order valence-electron chi connectivity index (χ4n) is 4.10. The van der Waals surface area contributed by atoms with Crippen LogP contribution >= 0.6 is 0 Å². The minimum Gasteiger partial charge on any atom is -0.443 e. The Morgan fingerprint density at radius 1 is 1.08 bits per heavy atom. The van der Waals surface area contributed by atoms with Gasteiger partial charge < -0.3 is 9.64 Å². The van der Waals surface area contributed by atoms with E-state index in [1.165, 1.54) is 21.5 Å². The van der Waals surface area contributed by atoms with Crippen LogP contribution in [0.5, 0.6) is 0 Å². The van der Waals surface area contributed by atoms with Crippen molar-refractivity contribution in [1.29, 1.82) is 0 Å². The normalized spacial score (nSPS) is 11.6. The number of benzene rings is 2. The molecule has 2 aromatic heterocycles. The van der Waals surface area contributed by atoms with E-state index in [1.54, 1.807) is 50.3 Å². The molecule has 4 rings (SSSR count). The Morgan fingerprint density at radius 3 is 2.47 bits per heavy atom. The summed E-state index contributed by atoms with van der Waals surface area (Å²) in [6.45, 7) is 10.1. The number of aromatic nitrogens is 4. The van der Waals surface area contributed by atoms with Gasteiger partial charge in [-0.2, -0.15) is 15.0 Å². The van der Waals surface area contributed by atoms with Crippen LogP contribution < -0.4 is 0 Å². The lowest BCUT2D eigenvalue weighted by atomic mass is 10.1. The van der Waals surface area contributed by atoms with Gasteiger partial charge in [0.1, 0.15) is 11.4 Å². The summed E-state index contributed by atoms with van der Waals surface area (Å²) in [6, 6.07) is 9.92. The predicted molar refractivity (Wildman–Crippen MR) is 135 cm³/mol. The SMILES string of the molecule is CCN(CCc1cn(C(=O)OC(C)(C)C)c2cc(F)ccc12)C(=O)c1cc(C)ccc1-n1nccn1. The van der Waals surface area contributed by atoms with Crippen LogP contribution in [0.25, 0.3) is 16.6 Å². The zero-order chi connectivity index (χ0) is 26.0. The quantitative estimate of drug-likeness (QED) is 0.372. The van der Waals surface area contributed by atoms with Crippen molar-refractivity contribution in [3.05, 3.63) is 77.5 Å². The molecule has 0 atom stereocenters. The van der Waals surface area contributed by atoms with E-state index in [0.717, 1.165) is 16.5 Å². The smallest absolute Gasteiger partial charge is 0.419 e. The van der Waals surface area contributed by atoms with Crippen molar-refractivity contribution in [1.82, 2.24) is 24.5 Å². The number of hydrogen-bond acceptors (Lipinski definition) is 5. The average Bonchev–Trinajstić information content (AvgIpc) is 3.46. The summed E-state index contributed by atoms with van der Waals surface area (Å²) in [5.41, 5.74) is 2.62. The highest BCUT2D eigenvalue weighted by molar-refractivity contribution is 5.98. The largest absolute Gasteiger partial charge is 0.443 e. The average molecular weight is 492 g/mol. The Morgan fingerprint density at radius 2 is 1.81 bits per heavy atom. The number of hydrogen-bond donors (Lipinski definition) is 0. The molecule has 0 unspecified atom stereocenters. The molecule has 2 heterocycles. The van der Waals surface area contributed by atoms with Crippen molar-refractivity contribution in [2.75, 3.05) is 13.1 Å². The zero-order valence-electron chi connectivity index (χ0n) is 21.2. The standard InChI is InChI=1S/C27H30FN5O3/c1-6-31(25(34)22-15-18(2)7-10-23(22)33-29-12-13-30-33)14-11-19-17-32(26(35)36-27(3,4)5)24-16-20(28)8-9-21(19)24/h7-10,12-13,15-17H,6,11,14H2,1-5H3. The van der Waals surface area contributed by atoms with Gasteiger partial charge in [-0.25, -0.2) is 9.18 Å². The summed E-state index contributed by atoms with van der Waals surface area (Å²) in [4.78, 5) is 29.6. The van der Waals surface area contributed by atoms with Crippen molar-refractivity contribution in [3.63, 3.8) is 0 Å². The molecule has 188 valence electrons. The summed E-state index contributed by atoms with van der Waals surface area (Å²) in [6.07, 6.45) is 4.69. The number of aryl methyl sites for hydroxylation is 1. The van der Waals surface area contributed by atoms with Crippen molar-refractivity contribution >= 4 is 22.9 Å². The van der Waals surface area contributed by atoms with E-state index in [0.29, 0.717) is 36.3 Å². The molecule has 0 spiro atoms. The van der Waals surface area contributed by atoms with Gasteiger partial charge in [-0.1, -0.05) is 11.6 Å². The van der Waals surface area contributed by atoms with Crippen LogP contribution in [0.1, 0.15) is 49.2 Å². The number of amides is 1. The zero-order valence-corrected chi connectivity index (χ0v) is 21.2. The molecule has 2 aromatic carbocycles. The van der Waals surface area contributed by atoms with Crippen LogP contribution in [0, 0.1) is 12.7 Å². The van der Waals surface area contributed by atoms with E-state index < -0.39 is 17.5 Å². The molecule has 0 aliphatic rings. The highest BCUT2D eigenvalue weighted by Gasteiger charge is 2.23. The van der Waals surface area contributed by atoms with Gasteiger partial charge in [-0.3, -0.25) is 9.36 Å². The van der Waals surface area contributed by atoms with E-state index in [4.69, 9.17) is 4.74 Å². The minimum absolute atomic E-state index is 0.143. The van der Waals surface area contributed by atoms with Gasteiger partial charge in [-0.05, 0) is 76.9 Å². The third-order valence-electron chi connectivity index (χ3n) is 5.78. The Bertz CT molecular complexity index is 1400. The summed E-state index contributed by atoms with van der Waals surface area (Å²) < 4.78 is 20.9. The summed E-state index contributed by atoms with van der Waals surface area (Å²) in [7, 11) is 0. The highest BCUT2D eigenvalue weighted by atomic mass is 19.1. The van der Waals surface area contributed by atoms with E-state index in [-0.39, 0.29) is 5.91 Å². The molecule has 0 aliphatic carbocycles. The lowest BCUT2D eigenvalue weighted by molar-refractivity contribution is 0.0543. The van der Waals surface area contributed by atoms with Crippen molar-refractivity contribution < 1.29 is 18.7 Å². The molecule has 4 aromatic rings. The first-order chi connectivity index (χ1) is 17.1. The summed E-state index contributed by atoms with van der Waals surface area (Å²) >= 11 is 0. The van der Waals surface area contributed by atoms with Crippen LogP contribution in [0.15, 0.2) is 55.0 Å². The second-order valence-electron chi connectivity index (χ2n) is 9.64. The van der Waals surface area contributed by atoms with Gasteiger partial charge in [0.15, 0.2) is 0 Å². The van der Waals surface area contributed by atoms with E-state index in [1.807, 2.05) is 32.0 Å². The number of halogens is 1. The Kier molecular flexibility index (Phi) is 6.92. The lowest BCUT2D eigenvalue weighted by Gasteiger charge is -2.22.